The number of amides is 1. The average Bonchev–Trinajstić information content (AvgIpc) is 2.59. The molecule has 0 heterocycles. The molecular formula is C19H23NO3. The smallest absolute Gasteiger partial charge is 0.220 e. The van der Waals surface area contributed by atoms with Crippen LogP contribution in [0, 0.1) is 6.92 Å². The fraction of sp³-hybridized carbons (Fsp3) is 0.316. The minimum Gasteiger partial charge on any atom is -0.497 e. The number of hydrogen-bond acceptors (Lipinski definition) is 3. The Hall–Kier alpha value is -2.49. The number of nitrogens with one attached hydrogen (secondary N) is 1. The summed E-state index contributed by atoms with van der Waals surface area (Å²) in [6, 6.07) is 13.7. The summed E-state index contributed by atoms with van der Waals surface area (Å²) in [6.07, 6.45) is 1.22. The normalized spacial score (nSPS) is 10.2. The van der Waals surface area contributed by atoms with E-state index >= 15 is 0 Å². The number of methoxy groups -OCH3 is 2. The lowest BCUT2D eigenvalue weighted by Crippen LogP contribution is -2.23. The molecule has 0 aromatic heterocycles. The van der Waals surface area contributed by atoms with Crippen molar-refractivity contribution in [2.75, 3.05) is 14.2 Å². The van der Waals surface area contributed by atoms with Crippen LogP contribution >= 0.6 is 0 Å². The van der Waals surface area contributed by atoms with Crippen molar-refractivity contribution in [3.8, 4) is 11.5 Å². The van der Waals surface area contributed by atoms with Crippen molar-refractivity contribution in [2.24, 2.45) is 0 Å². The molecule has 0 aliphatic carbocycles. The van der Waals surface area contributed by atoms with Gasteiger partial charge in [0.25, 0.3) is 0 Å². The molecule has 1 N–H and O–H groups in total. The maximum Gasteiger partial charge on any atom is 0.220 e. The predicted molar refractivity (Wildman–Crippen MR) is 90.9 cm³/mol. The molecule has 1 amide bonds. The van der Waals surface area contributed by atoms with Crippen LogP contribution in [0.5, 0.6) is 11.5 Å². The van der Waals surface area contributed by atoms with Gasteiger partial charge in [0, 0.05) is 24.6 Å². The quantitative estimate of drug-likeness (QED) is 0.853. The summed E-state index contributed by atoms with van der Waals surface area (Å²) >= 11 is 0. The zero-order valence-electron chi connectivity index (χ0n) is 13.9. The van der Waals surface area contributed by atoms with Crippen LogP contribution < -0.4 is 14.8 Å². The summed E-state index contributed by atoms with van der Waals surface area (Å²) in [6.45, 7) is 2.51. The topological polar surface area (TPSA) is 47.6 Å². The Morgan fingerprint density at radius 3 is 2.52 bits per heavy atom. The third kappa shape index (κ3) is 4.74. The third-order valence-corrected chi connectivity index (χ3v) is 3.85. The van der Waals surface area contributed by atoms with Gasteiger partial charge >= 0.3 is 0 Å². The van der Waals surface area contributed by atoms with Gasteiger partial charge < -0.3 is 14.8 Å². The van der Waals surface area contributed by atoms with Gasteiger partial charge in [-0.05, 0) is 36.6 Å². The van der Waals surface area contributed by atoms with E-state index in [9.17, 15) is 4.79 Å². The molecule has 122 valence electrons. The first-order chi connectivity index (χ1) is 11.1. The van der Waals surface area contributed by atoms with E-state index in [0.29, 0.717) is 18.7 Å². The maximum atomic E-state index is 12.0. The highest BCUT2D eigenvalue weighted by Crippen LogP contribution is 2.24. The lowest BCUT2D eigenvalue weighted by molar-refractivity contribution is -0.121. The van der Waals surface area contributed by atoms with Gasteiger partial charge in [-0.15, -0.1) is 0 Å². The minimum atomic E-state index is 0.0334. The van der Waals surface area contributed by atoms with Crippen LogP contribution in [0.15, 0.2) is 42.5 Å². The van der Waals surface area contributed by atoms with Crippen molar-refractivity contribution < 1.29 is 14.3 Å². The van der Waals surface area contributed by atoms with Crippen LogP contribution in [-0.2, 0) is 17.8 Å². The van der Waals surface area contributed by atoms with Gasteiger partial charge in [-0.25, -0.2) is 0 Å². The second-order valence-corrected chi connectivity index (χ2v) is 5.38. The van der Waals surface area contributed by atoms with E-state index in [1.165, 1.54) is 11.1 Å². The van der Waals surface area contributed by atoms with Crippen molar-refractivity contribution >= 4 is 5.91 Å². The zero-order chi connectivity index (χ0) is 16.7. The highest BCUT2D eigenvalue weighted by molar-refractivity contribution is 5.76. The van der Waals surface area contributed by atoms with Crippen LogP contribution in [-0.4, -0.2) is 20.1 Å². The Labute approximate surface area is 137 Å². The molecule has 0 bridgehead atoms. The summed E-state index contributed by atoms with van der Waals surface area (Å²) in [5.41, 5.74) is 3.36. The summed E-state index contributed by atoms with van der Waals surface area (Å²) in [7, 11) is 3.22. The predicted octanol–water partition coefficient (Wildman–Crippen LogP) is 3.26. The van der Waals surface area contributed by atoms with Gasteiger partial charge in [-0.3, -0.25) is 4.79 Å². The van der Waals surface area contributed by atoms with E-state index in [1.54, 1.807) is 14.2 Å². The molecule has 2 aromatic carbocycles. The van der Waals surface area contributed by atoms with Crippen molar-refractivity contribution in [3.05, 3.63) is 59.2 Å². The van der Waals surface area contributed by atoms with Gasteiger partial charge in [0.1, 0.15) is 11.5 Å². The van der Waals surface area contributed by atoms with Crippen LogP contribution in [0.1, 0.15) is 23.1 Å². The summed E-state index contributed by atoms with van der Waals surface area (Å²) in [5.74, 6) is 1.48. The van der Waals surface area contributed by atoms with E-state index in [1.807, 2.05) is 30.3 Å². The number of ether oxygens (including phenoxy) is 2. The van der Waals surface area contributed by atoms with Crippen LogP contribution in [0.4, 0.5) is 0 Å². The van der Waals surface area contributed by atoms with E-state index in [2.05, 4.69) is 24.4 Å². The molecule has 0 atom stereocenters. The van der Waals surface area contributed by atoms with E-state index in [-0.39, 0.29) is 5.91 Å². The van der Waals surface area contributed by atoms with Gasteiger partial charge in [-0.1, -0.05) is 24.3 Å². The Morgan fingerprint density at radius 2 is 1.83 bits per heavy atom. The highest BCUT2D eigenvalue weighted by atomic mass is 16.5. The molecule has 4 heteroatoms. The number of carbonyl (C=O) groups excluding carboxylic acids is 1. The van der Waals surface area contributed by atoms with Crippen LogP contribution in [0.3, 0.4) is 0 Å². The molecule has 0 spiro atoms. The molecule has 4 nitrogen and oxygen atoms in total. The lowest BCUT2D eigenvalue weighted by atomic mass is 10.0. The molecule has 0 saturated carbocycles. The Morgan fingerprint density at radius 1 is 1.04 bits per heavy atom. The van der Waals surface area contributed by atoms with Crippen LogP contribution in [0.2, 0.25) is 0 Å². The monoisotopic (exact) mass is 313 g/mol. The minimum absolute atomic E-state index is 0.0334. The summed E-state index contributed by atoms with van der Waals surface area (Å²) in [4.78, 5) is 12.0. The van der Waals surface area contributed by atoms with E-state index < -0.39 is 0 Å². The molecule has 0 fully saturated rings. The number of hydrogen-bond donors (Lipinski definition) is 1. The highest BCUT2D eigenvalue weighted by Gasteiger charge is 2.08. The van der Waals surface area contributed by atoms with Crippen molar-refractivity contribution in [3.63, 3.8) is 0 Å². The number of aryl methyl sites for hydroxylation is 2. The molecule has 2 rings (SSSR count). The number of rotatable bonds is 7. The first-order valence-electron chi connectivity index (χ1n) is 7.66. The number of carbonyl (C=O) groups is 1. The molecule has 0 aliphatic heterocycles. The first kappa shape index (κ1) is 16.9. The summed E-state index contributed by atoms with van der Waals surface area (Å²) < 4.78 is 10.5. The largest absolute Gasteiger partial charge is 0.497 e. The SMILES string of the molecule is COc1ccc(CNC(=O)CCc2ccccc2C)c(OC)c1. The zero-order valence-corrected chi connectivity index (χ0v) is 13.9. The molecule has 0 saturated heterocycles. The standard InChI is InChI=1S/C19H23NO3/c1-14-6-4-5-7-15(14)9-11-19(21)20-13-16-8-10-17(22-2)12-18(16)23-3/h4-8,10,12H,9,11,13H2,1-3H3,(H,20,21). The molecule has 23 heavy (non-hydrogen) atoms. The molecule has 0 aliphatic rings. The van der Waals surface area contributed by atoms with Crippen molar-refractivity contribution in [1.82, 2.24) is 5.32 Å². The fourth-order valence-electron chi connectivity index (χ4n) is 2.42. The fourth-order valence-corrected chi connectivity index (χ4v) is 2.42. The van der Waals surface area contributed by atoms with Gasteiger partial charge in [0.05, 0.1) is 14.2 Å². The average molecular weight is 313 g/mol. The van der Waals surface area contributed by atoms with Crippen LogP contribution in [0.25, 0.3) is 0 Å². The molecule has 2 aromatic rings. The Balaban J connectivity index is 1.88. The summed E-state index contributed by atoms with van der Waals surface area (Å²) in [5, 5.41) is 2.94. The van der Waals surface area contributed by atoms with Crippen molar-refractivity contribution in [1.29, 1.82) is 0 Å². The Bertz CT molecular complexity index is 667. The maximum absolute atomic E-state index is 12.0. The van der Waals surface area contributed by atoms with E-state index in [4.69, 9.17) is 9.47 Å². The van der Waals surface area contributed by atoms with E-state index in [0.717, 1.165) is 17.7 Å². The second-order valence-electron chi connectivity index (χ2n) is 5.38. The lowest BCUT2D eigenvalue weighted by Gasteiger charge is -2.11. The number of benzene rings is 2. The van der Waals surface area contributed by atoms with Gasteiger partial charge in [0.2, 0.25) is 5.91 Å². The third-order valence-electron chi connectivity index (χ3n) is 3.85. The van der Waals surface area contributed by atoms with Crippen molar-refractivity contribution in [2.45, 2.75) is 26.3 Å². The molecular weight excluding hydrogens is 290 g/mol. The Kier molecular flexibility index (Phi) is 6.03. The van der Waals surface area contributed by atoms with Gasteiger partial charge in [-0.2, -0.15) is 0 Å². The second kappa shape index (κ2) is 8.22. The molecule has 0 unspecified atom stereocenters. The van der Waals surface area contributed by atoms with Gasteiger partial charge in [0.15, 0.2) is 0 Å². The first-order valence-corrected chi connectivity index (χ1v) is 7.66. The molecule has 0 radical (unpaired) electrons.